The van der Waals surface area contributed by atoms with Crippen molar-refractivity contribution in [2.24, 2.45) is 5.92 Å². The second kappa shape index (κ2) is 8.24. The summed E-state index contributed by atoms with van der Waals surface area (Å²) in [7, 11) is 0. The lowest BCUT2D eigenvalue weighted by Gasteiger charge is -2.35. The van der Waals surface area contributed by atoms with Crippen molar-refractivity contribution in [3.05, 3.63) is 29.6 Å². The summed E-state index contributed by atoms with van der Waals surface area (Å²) in [5, 5.41) is 2.74. The van der Waals surface area contributed by atoms with Gasteiger partial charge in [-0.25, -0.2) is 4.39 Å². The number of rotatable bonds is 5. The molecule has 0 aliphatic carbocycles. The number of piperidine rings is 1. The van der Waals surface area contributed by atoms with Gasteiger partial charge in [0.05, 0.1) is 18.6 Å². The molecule has 1 aromatic carbocycles. The molecule has 1 amide bonds. The minimum atomic E-state index is -0.397. The fourth-order valence-corrected chi connectivity index (χ4v) is 2.89. The third-order valence-corrected chi connectivity index (χ3v) is 4.44. The largest absolute Gasteiger partial charge is 0.466 e. The standard InChI is InChI=1S/C18H25FN2O3/c1-4-24-18(23)14-6-5-9-21(11-14)13(3)17(22)20-15-8-7-12(2)16(19)10-15/h7-8,10,13-14H,4-6,9,11H2,1-3H3,(H,20,22)/t13-,14-/m1/s1. The first-order chi connectivity index (χ1) is 11.4. The van der Waals surface area contributed by atoms with Gasteiger partial charge in [0.15, 0.2) is 0 Å². The first-order valence-corrected chi connectivity index (χ1v) is 8.40. The number of likely N-dealkylation sites (tertiary alicyclic amines) is 1. The maximum absolute atomic E-state index is 13.6. The fraction of sp³-hybridized carbons (Fsp3) is 0.556. The number of hydrogen-bond donors (Lipinski definition) is 1. The van der Waals surface area contributed by atoms with Gasteiger partial charge >= 0.3 is 5.97 Å². The van der Waals surface area contributed by atoms with Crippen LogP contribution in [0.3, 0.4) is 0 Å². The van der Waals surface area contributed by atoms with E-state index in [-0.39, 0.29) is 23.6 Å². The minimum Gasteiger partial charge on any atom is -0.466 e. The van der Waals surface area contributed by atoms with Crippen LogP contribution in [0.5, 0.6) is 0 Å². The van der Waals surface area contributed by atoms with Crippen molar-refractivity contribution in [2.45, 2.75) is 39.7 Å². The van der Waals surface area contributed by atoms with Gasteiger partial charge in [0.25, 0.3) is 0 Å². The van der Waals surface area contributed by atoms with Crippen LogP contribution in [0, 0.1) is 18.7 Å². The van der Waals surface area contributed by atoms with E-state index in [4.69, 9.17) is 4.74 Å². The first kappa shape index (κ1) is 18.4. The number of aryl methyl sites for hydroxylation is 1. The summed E-state index contributed by atoms with van der Waals surface area (Å²) in [6.07, 6.45) is 1.63. The highest BCUT2D eigenvalue weighted by molar-refractivity contribution is 5.94. The number of hydrogen-bond acceptors (Lipinski definition) is 4. The minimum absolute atomic E-state index is 0.189. The second-order valence-corrected chi connectivity index (χ2v) is 6.22. The molecule has 1 aliphatic rings. The van der Waals surface area contributed by atoms with Crippen LogP contribution in [0.15, 0.2) is 18.2 Å². The van der Waals surface area contributed by atoms with Gasteiger partial charge in [-0.15, -0.1) is 0 Å². The second-order valence-electron chi connectivity index (χ2n) is 6.22. The SMILES string of the molecule is CCOC(=O)[C@@H]1CCCN([C@H](C)C(=O)Nc2ccc(C)c(F)c2)C1. The number of anilines is 1. The van der Waals surface area contributed by atoms with Crippen LogP contribution in [0.2, 0.25) is 0 Å². The number of halogens is 1. The van der Waals surface area contributed by atoms with Crippen LogP contribution in [-0.2, 0) is 14.3 Å². The Morgan fingerprint density at radius 1 is 1.46 bits per heavy atom. The fourth-order valence-electron chi connectivity index (χ4n) is 2.89. The summed E-state index contributed by atoms with van der Waals surface area (Å²) >= 11 is 0. The van der Waals surface area contributed by atoms with Crippen molar-refractivity contribution in [3.8, 4) is 0 Å². The van der Waals surface area contributed by atoms with E-state index in [0.717, 1.165) is 19.4 Å². The Hall–Kier alpha value is -1.95. The lowest BCUT2D eigenvalue weighted by molar-refractivity contribution is -0.150. The van der Waals surface area contributed by atoms with Crippen molar-refractivity contribution < 1.29 is 18.7 Å². The van der Waals surface area contributed by atoms with Gasteiger partial charge in [0, 0.05) is 12.2 Å². The van der Waals surface area contributed by atoms with E-state index >= 15 is 0 Å². The zero-order valence-corrected chi connectivity index (χ0v) is 14.5. The van der Waals surface area contributed by atoms with E-state index in [2.05, 4.69) is 5.32 Å². The number of benzene rings is 1. The van der Waals surface area contributed by atoms with Crippen molar-refractivity contribution in [1.29, 1.82) is 0 Å². The Morgan fingerprint density at radius 3 is 2.88 bits per heavy atom. The summed E-state index contributed by atoms with van der Waals surface area (Å²) in [6.45, 7) is 6.89. The number of amides is 1. The van der Waals surface area contributed by atoms with Crippen LogP contribution in [0.4, 0.5) is 10.1 Å². The molecule has 0 spiro atoms. The van der Waals surface area contributed by atoms with E-state index in [1.807, 2.05) is 4.90 Å². The van der Waals surface area contributed by atoms with E-state index in [1.54, 1.807) is 32.9 Å². The van der Waals surface area contributed by atoms with Gasteiger partial charge in [-0.05, 0) is 57.9 Å². The van der Waals surface area contributed by atoms with Crippen LogP contribution in [0.25, 0.3) is 0 Å². The first-order valence-electron chi connectivity index (χ1n) is 8.40. The maximum Gasteiger partial charge on any atom is 0.310 e. The number of esters is 1. The molecule has 1 saturated heterocycles. The molecule has 5 nitrogen and oxygen atoms in total. The number of nitrogens with zero attached hydrogens (tertiary/aromatic N) is 1. The lowest BCUT2D eigenvalue weighted by Crippen LogP contribution is -2.48. The summed E-state index contributed by atoms with van der Waals surface area (Å²) in [5.74, 6) is -0.940. The van der Waals surface area contributed by atoms with Gasteiger partial charge in [-0.1, -0.05) is 6.07 Å². The Kier molecular flexibility index (Phi) is 6.31. The van der Waals surface area contributed by atoms with Crippen molar-refractivity contribution in [2.75, 3.05) is 25.0 Å². The molecule has 1 fully saturated rings. The molecule has 1 aromatic rings. The molecule has 1 aliphatic heterocycles. The highest BCUT2D eigenvalue weighted by atomic mass is 19.1. The Labute approximate surface area is 142 Å². The van der Waals surface area contributed by atoms with Gasteiger partial charge < -0.3 is 10.1 Å². The molecule has 0 saturated carbocycles. The van der Waals surface area contributed by atoms with Crippen LogP contribution < -0.4 is 5.32 Å². The smallest absolute Gasteiger partial charge is 0.310 e. The highest BCUT2D eigenvalue weighted by Crippen LogP contribution is 2.21. The monoisotopic (exact) mass is 336 g/mol. The molecule has 2 atom stereocenters. The van der Waals surface area contributed by atoms with Crippen LogP contribution in [-0.4, -0.2) is 42.5 Å². The zero-order valence-electron chi connectivity index (χ0n) is 14.5. The average molecular weight is 336 g/mol. The van der Waals surface area contributed by atoms with E-state index < -0.39 is 6.04 Å². The van der Waals surface area contributed by atoms with Crippen molar-refractivity contribution in [1.82, 2.24) is 4.90 Å². The molecule has 132 valence electrons. The molecule has 24 heavy (non-hydrogen) atoms. The molecular weight excluding hydrogens is 311 g/mol. The normalized spacial score (nSPS) is 19.6. The van der Waals surface area contributed by atoms with E-state index in [0.29, 0.717) is 24.4 Å². The molecule has 1 heterocycles. The van der Waals surface area contributed by atoms with Crippen molar-refractivity contribution >= 4 is 17.6 Å². The summed E-state index contributed by atoms with van der Waals surface area (Å²) in [5.41, 5.74) is 0.975. The molecule has 0 bridgehead atoms. The quantitative estimate of drug-likeness (QED) is 0.840. The number of carbonyl (C=O) groups excluding carboxylic acids is 2. The molecule has 2 rings (SSSR count). The molecule has 0 unspecified atom stereocenters. The van der Waals surface area contributed by atoms with Crippen molar-refractivity contribution in [3.63, 3.8) is 0 Å². The summed E-state index contributed by atoms with van der Waals surface area (Å²) in [6, 6.07) is 4.23. The Bertz CT molecular complexity index is 606. The van der Waals surface area contributed by atoms with Crippen LogP contribution >= 0.6 is 0 Å². The number of carbonyl (C=O) groups is 2. The molecule has 6 heteroatoms. The van der Waals surface area contributed by atoms with Crippen LogP contribution in [0.1, 0.15) is 32.3 Å². The summed E-state index contributed by atoms with van der Waals surface area (Å²) < 4.78 is 18.7. The van der Waals surface area contributed by atoms with E-state index in [9.17, 15) is 14.0 Å². The average Bonchev–Trinajstić information content (AvgIpc) is 2.57. The maximum atomic E-state index is 13.6. The van der Waals surface area contributed by atoms with Gasteiger partial charge in [-0.2, -0.15) is 0 Å². The molecular formula is C18H25FN2O3. The molecule has 0 aromatic heterocycles. The predicted octanol–water partition coefficient (Wildman–Crippen LogP) is 2.74. The van der Waals surface area contributed by atoms with Gasteiger partial charge in [-0.3, -0.25) is 14.5 Å². The van der Waals surface area contributed by atoms with Gasteiger partial charge in [0.1, 0.15) is 5.82 Å². The third kappa shape index (κ3) is 4.54. The topological polar surface area (TPSA) is 58.6 Å². The molecule has 0 radical (unpaired) electrons. The molecule has 1 N–H and O–H groups in total. The Balaban J connectivity index is 1.96. The highest BCUT2D eigenvalue weighted by Gasteiger charge is 2.31. The summed E-state index contributed by atoms with van der Waals surface area (Å²) in [4.78, 5) is 26.3. The number of ether oxygens (including phenoxy) is 1. The van der Waals surface area contributed by atoms with E-state index in [1.165, 1.54) is 6.07 Å². The Morgan fingerprint density at radius 2 is 2.21 bits per heavy atom. The van der Waals surface area contributed by atoms with Gasteiger partial charge in [0.2, 0.25) is 5.91 Å². The predicted molar refractivity (Wildman–Crippen MR) is 90.2 cm³/mol. The number of nitrogens with one attached hydrogen (secondary N) is 1. The lowest BCUT2D eigenvalue weighted by atomic mass is 9.97. The zero-order chi connectivity index (χ0) is 17.7. The third-order valence-electron chi connectivity index (χ3n) is 4.44.